The number of benzene rings is 3. The third-order valence-electron chi connectivity index (χ3n) is 2.95. The van der Waals surface area contributed by atoms with Crippen LogP contribution in [0.25, 0.3) is 0 Å². The molecule has 0 heterocycles. The van der Waals surface area contributed by atoms with Crippen molar-refractivity contribution in [1.29, 1.82) is 0 Å². The van der Waals surface area contributed by atoms with E-state index >= 15 is 0 Å². The highest BCUT2D eigenvalue weighted by molar-refractivity contribution is 5.40. The molecule has 0 bridgehead atoms. The van der Waals surface area contributed by atoms with E-state index in [1.54, 1.807) is 54.6 Å². The molecule has 4 nitrogen and oxygen atoms in total. The fraction of sp³-hybridized carbons (Fsp3) is 0. The van der Waals surface area contributed by atoms with Gasteiger partial charge in [-0.1, -0.05) is 6.07 Å². The molecule has 0 saturated carbocycles. The van der Waals surface area contributed by atoms with Gasteiger partial charge in [-0.2, -0.15) is 0 Å². The van der Waals surface area contributed by atoms with Crippen molar-refractivity contribution in [1.82, 2.24) is 0 Å². The molecule has 0 saturated heterocycles. The first kappa shape index (κ1) is 13.8. The zero-order valence-electron chi connectivity index (χ0n) is 11.6. The zero-order valence-corrected chi connectivity index (χ0v) is 11.6. The Bertz CT molecular complexity index is 686. The molecule has 0 fully saturated rings. The summed E-state index contributed by atoms with van der Waals surface area (Å²) >= 11 is 0. The lowest BCUT2D eigenvalue weighted by Crippen LogP contribution is -1.87. The highest BCUT2D eigenvalue weighted by Crippen LogP contribution is 2.29. The average Bonchev–Trinajstić information content (AvgIpc) is 2.52. The number of rotatable bonds is 4. The second kappa shape index (κ2) is 6.10. The summed E-state index contributed by atoms with van der Waals surface area (Å²) in [5.74, 6) is 2.89. The summed E-state index contributed by atoms with van der Waals surface area (Å²) in [7, 11) is 0. The SMILES string of the molecule is Oc1ccc(Oc2cccc(Oc3ccc(O)cc3)c2)cc1. The lowest BCUT2D eigenvalue weighted by atomic mass is 10.3. The molecule has 0 aromatic heterocycles. The molecule has 4 heteroatoms. The van der Waals surface area contributed by atoms with Crippen LogP contribution in [0.5, 0.6) is 34.5 Å². The molecule has 3 aromatic carbocycles. The van der Waals surface area contributed by atoms with Crippen LogP contribution in [0.3, 0.4) is 0 Å². The van der Waals surface area contributed by atoms with Crippen molar-refractivity contribution in [2.45, 2.75) is 0 Å². The lowest BCUT2D eigenvalue weighted by molar-refractivity contribution is 0.452. The van der Waals surface area contributed by atoms with Gasteiger partial charge in [0.1, 0.15) is 34.5 Å². The van der Waals surface area contributed by atoms with Gasteiger partial charge in [0.2, 0.25) is 0 Å². The summed E-state index contributed by atoms with van der Waals surface area (Å²) in [5.41, 5.74) is 0. The molecule has 110 valence electrons. The predicted molar refractivity (Wildman–Crippen MR) is 82.8 cm³/mol. The minimum absolute atomic E-state index is 0.191. The fourth-order valence-electron chi connectivity index (χ4n) is 1.90. The Balaban J connectivity index is 1.74. The standard InChI is InChI=1S/C18H14O4/c19-13-4-8-15(9-5-13)21-17-2-1-3-18(12-17)22-16-10-6-14(20)7-11-16/h1-12,19-20H. The Labute approximate surface area is 127 Å². The van der Waals surface area contributed by atoms with Crippen molar-refractivity contribution in [2.24, 2.45) is 0 Å². The van der Waals surface area contributed by atoms with Crippen LogP contribution in [-0.2, 0) is 0 Å². The molecular formula is C18H14O4. The molecule has 0 radical (unpaired) electrons. The minimum Gasteiger partial charge on any atom is -0.508 e. The van der Waals surface area contributed by atoms with Gasteiger partial charge < -0.3 is 19.7 Å². The second-order valence-corrected chi connectivity index (χ2v) is 4.67. The van der Waals surface area contributed by atoms with Crippen molar-refractivity contribution in [2.75, 3.05) is 0 Å². The summed E-state index contributed by atoms with van der Waals surface area (Å²) < 4.78 is 11.4. The Kier molecular flexibility index (Phi) is 3.83. The van der Waals surface area contributed by atoms with E-state index in [1.165, 1.54) is 0 Å². The van der Waals surface area contributed by atoms with Crippen molar-refractivity contribution < 1.29 is 19.7 Å². The van der Waals surface area contributed by atoms with Crippen molar-refractivity contribution in [3.63, 3.8) is 0 Å². The van der Waals surface area contributed by atoms with Crippen LogP contribution in [0.1, 0.15) is 0 Å². The van der Waals surface area contributed by atoms with E-state index < -0.39 is 0 Å². The number of ether oxygens (including phenoxy) is 2. The molecule has 3 aromatic rings. The van der Waals surface area contributed by atoms with Crippen molar-refractivity contribution in [3.05, 3.63) is 72.8 Å². The largest absolute Gasteiger partial charge is 0.508 e. The number of aromatic hydroxyl groups is 2. The van der Waals surface area contributed by atoms with Crippen LogP contribution in [0.2, 0.25) is 0 Å². The zero-order chi connectivity index (χ0) is 15.4. The van der Waals surface area contributed by atoms with E-state index in [0.29, 0.717) is 23.0 Å². The maximum atomic E-state index is 9.26. The molecule has 0 atom stereocenters. The number of hydrogen-bond acceptors (Lipinski definition) is 4. The van der Waals surface area contributed by atoms with E-state index in [4.69, 9.17) is 9.47 Å². The van der Waals surface area contributed by atoms with Gasteiger partial charge in [0.05, 0.1) is 0 Å². The van der Waals surface area contributed by atoms with Gasteiger partial charge in [0.15, 0.2) is 0 Å². The quantitative estimate of drug-likeness (QED) is 0.733. The van der Waals surface area contributed by atoms with Crippen LogP contribution in [0.15, 0.2) is 72.8 Å². The first-order valence-corrected chi connectivity index (χ1v) is 6.73. The molecule has 0 aliphatic heterocycles. The number of phenols is 2. The van der Waals surface area contributed by atoms with Crippen LogP contribution >= 0.6 is 0 Å². The van der Waals surface area contributed by atoms with Crippen molar-refractivity contribution >= 4 is 0 Å². The molecule has 0 aliphatic carbocycles. The highest BCUT2D eigenvalue weighted by atomic mass is 16.5. The Morgan fingerprint density at radius 3 is 1.32 bits per heavy atom. The smallest absolute Gasteiger partial charge is 0.131 e. The predicted octanol–water partition coefficient (Wildman–Crippen LogP) is 4.68. The molecule has 2 N–H and O–H groups in total. The van der Waals surface area contributed by atoms with Crippen LogP contribution in [-0.4, -0.2) is 10.2 Å². The van der Waals surface area contributed by atoms with E-state index in [1.807, 2.05) is 18.2 Å². The van der Waals surface area contributed by atoms with E-state index in [9.17, 15) is 10.2 Å². The number of hydrogen-bond donors (Lipinski definition) is 2. The third-order valence-corrected chi connectivity index (χ3v) is 2.95. The normalized spacial score (nSPS) is 10.2. The van der Waals surface area contributed by atoms with E-state index in [2.05, 4.69) is 0 Å². The first-order chi connectivity index (χ1) is 10.7. The molecule has 0 aliphatic rings. The van der Waals surface area contributed by atoms with E-state index in [-0.39, 0.29) is 11.5 Å². The Morgan fingerprint density at radius 1 is 0.500 bits per heavy atom. The third kappa shape index (κ3) is 3.49. The Hall–Kier alpha value is -3.14. The first-order valence-electron chi connectivity index (χ1n) is 6.73. The molecule has 0 spiro atoms. The summed E-state index contributed by atoms with van der Waals surface area (Å²) in [4.78, 5) is 0. The van der Waals surface area contributed by atoms with Gasteiger partial charge in [0, 0.05) is 6.07 Å². The molecule has 0 amide bonds. The molecular weight excluding hydrogens is 280 g/mol. The fourth-order valence-corrected chi connectivity index (χ4v) is 1.90. The van der Waals surface area contributed by atoms with Gasteiger partial charge in [-0.3, -0.25) is 0 Å². The molecule has 0 unspecified atom stereocenters. The minimum atomic E-state index is 0.191. The maximum Gasteiger partial charge on any atom is 0.131 e. The van der Waals surface area contributed by atoms with Gasteiger partial charge in [-0.25, -0.2) is 0 Å². The van der Waals surface area contributed by atoms with Crippen LogP contribution in [0, 0.1) is 0 Å². The Morgan fingerprint density at radius 2 is 0.909 bits per heavy atom. The molecule has 3 rings (SSSR count). The summed E-state index contributed by atoms with van der Waals surface area (Å²) in [6.45, 7) is 0. The van der Waals surface area contributed by atoms with Crippen LogP contribution < -0.4 is 9.47 Å². The van der Waals surface area contributed by atoms with Gasteiger partial charge in [-0.15, -0.1) is 0 Å². The highest BCUT2D eigenvalue weighted by Gasteiger charge is 2.02. The maximum absolute atomic E-state index is 9.26. The lowest BCUT2D eigenvalue weighted by Gasteiger charge is -2.09. The molecule has 22 heavy (non-hydrogen) atoms. The van der Waals surface area contributed by atoms with Gasteiger partial charge in [0.25, 0.3) is 0 Å². The van der Waals surface area contributed by atoms with Crippen molar-refractivity contribution in [3.8, 4) is 34.5 Å². The number of phenolic OH excluding ortho intramolecular Hbond substituents is 2. The van der Waals surface area contributed by atoms with Crippen LogP contribution in [0.4, 0.5) is 0 Å². The second-order valence-electron chi connectivity index (χ2n) is 4.67. The van der Waals surface area contributed by atoms with Gasteiger partial charge >= 0.3 is 0 Å². The summed E-state index contributed by atoms with van der Waals surface area (Å²) in [6, 6.07) is 20.2. The average molecular weight is 294 g/mol. The summed E-state index contributed by atoms with van der Waals surface area (Å²) in [5, 5.41) is 18.5. The monoisotopic (exact) mass is 294 g/mol. The van der Waals surface area contributed by atoms with Gasteiger partial charge in [-0.05, 0) is 60.7 Å². The summed E-state index contributed by atoms with van der Waals surface area (Å²) in [6.07, 6.45) is 0. The topological polar surface area (TPSA) is 58.9 Å². The van der Waals surface area contributed by atoms with E-state index in [0.717, 1.165) is 0 Å².